The molecule has 2 aliphatic rings. The summed E-state index contributed by atoms with van der Waals surface area (Å²) in [5.74, 6) is -2.60. The molecule has 2 unspecified atom stereocenters. The van der Waals surface area contributed by atoms with Crippen molar-refractivity contribution in [2.45, 2.75) is 68.8 Å². The number of aromatic nitrogens is 4. The van der Waals surface area contributed by atoms with Crippen LogP contribution in [0, 0.1) is 34.3 Å². The molecule has 8 atom stereocenters. The summed E-state index contributed by atoms with van der Waals surface area (Å²) < 4.78 is 82.3. The molecule has 2 saturated heterocycles. The van der Waals surface area contributed by atoms with Gasteiger partial charge >= 0.3 is 19.2 Å². The monoisotopic (exact) mass is 716 g/mol. The summed E-state index contributed by atoms with van der Waals surface area (Å²) in [6.07, 6.45) is -7.90. The lowest BCUT2D eigenvalue weighted by Gasteiger charge is -2.28. The van der Waals surface area contributed by atoms with Gasteiger partial charge in [0.15, 0.2) is 6.29 Å². The standard InChI is InChI=1S/C27H31F2N6O13P/c1-2-7-44-49(41,45-9-4-6-31)48-18-11-21(35-13-16(29)24(38)33-27(35)40)46-19(18)14-43-25(42-8-3-5-30)22-17(36)10-20(47-22)34-12-15(28)23(37)32-26(34)39/h2,12-13,17-22,25,36H,1,3-4,7-11,14H2,(H,32,37,39)(H,33,38,40)/t17-,18-,19+,20+,21+,22-,25?,49?/m0/s1. The average Bonchev–Trinajstić information content (AvgIpc) is 3.64. The topological polar surface area (TPSA) is 259 Å². The number of ether oxygens (including phenoxy) is 4. The highest BCUT2D eigenvalue weighted by atomic mass is 31.2. The first-order valence-corrected chi connectivity index (χ1v) is 16.0. The molecule has 19 nitrogen and oxygen atoms in total. The molecule has 0 aromatic carbocycles. The number of phosphoric acid groups is 1. The first-order valence-electron chi connectivity index (χ1n) is 14.6. The number of nitriles is 2. The molecular formula is C27H31F2N6O13P. The van der Waals surface area contributed by atoms with Crippen LogP contribution in [0.2, 0.25) is 0 Å². The molecule has 3 N–H and O–H groups in total. The van der Waals surface area contributed by atoms with Gasteiger partial charge in [-0.3, -0.25) is 42.3 Å². The zero-order valence-corrected chi connectivity index (χ0v) is 26.4. The summed E-state index contributed by atoms with van der Waals surface area (Å²) in [4.78, 5) is 51.5. The van der Waals surface area contributed by atoms with Crippen LogP contribution in [-0.2, 0) is 37.1 Å². The molecule has 49 heavy (non-hydrogen) atoms. The van der Waals surface area contributed by atoms with Crippen LogP contribution in [-0.4, -0.2) is 81.3 Å². The Bertz CT molecular complexity index is 1850. The van der Waals surface area contributed by atoms with Gasteiger partial charge < -0.3 is 24.1 Å². The van der Waals surface area contributed by atoms with E-state index in [0.29, 0.717) is 12.4 Å². The normalized spacial score (nSPS) is 25.3. The van der Waals surface area contributed by atoms with Gasteiger partial charge in [0.05, 0.1) is 69.9 Å². The molecule has 0 aliphatic carbocycles. The van der Waals surface area contributed by atoms with Crippen molar-refractivity contribution in [1.82, 2.24) is 19.1 Å². The fraction of sp³-hybridized carbons (Fsp3) is 0.556. The zero-order chi connectivity index (χ0) is 35.7. The number of nitrogens with zero attached hydrogens (tertiary/aromatic N) is 4. The number of aliphatic hydroxyl groups excluding tert-OH is 1. The Hall–Kier alpha value is -4.15. The van der Waals surface area contributed by atoms with Crippen LogP contribution in [0.15, 0.2) is 44.2 Å². The molecule has 2 aliphatic heterocycles. The highest BCUT2D eigenvalue weighted by Gasteiger charge is 2.46. The van der Waals surface area contributed by atoms with Crippen LogP contribution in [0.3, 0.4) is 0 Å². The van der Waals surface area contributed by atoms with Gasteiger partial charge in [-0.05, 0) is 0 Å². The van der Waals surface area contributed by atoms with E-state index < -0.39 is 91.7 Å². The third-order valence-corrected chi connectivity index (χ3v) is 8.55. The van der Waals surface area contributed by atoms with E-state index in [1.807, 2.05) is 6.07 Å². The number of halogens is 2. The summed E-state index contributed by atoms with van der Waals surface area (Å²) in [6.45, 7) is 2.03. The summed E-state index contributed by atoms with van der Waals surface area (Å²) in [7, 11) is -4.45. The van der Waals surface area contributed by atoms with E-state index in [0.717, 1.165) is 9.13 Å². The van der Waals surface area contributed by atoms with E-state index in [2.05, 4.69) is 6.58 Å². The van der Waals surface area contributed by atoms with E-state index in [1.165, 1.54) is 6.08 Å². The highest BCUT2D eigenvalue weighted by molar-refractivity contribution is 7.48. The van der Waals surface area contributed by atoms with Gasteiger partial charge in [-0.25, -0.2) is 14.2 Å². The maximum Gasteiger partial charge on any atom is 0.475 e. The first-order chi connectivity index (χ1) is 23.4. The zero-order valence-electron chi connectivity index (χ0n) is 25.5. The van der Waals surface area contributed by atoms with E-state index in [-0.39, 0.29) is 45.5 Å². The van der Waals surface area contributed by atoms with Gasteiger partial charge in [-0.2, -0.15) is 19.3 Å². The Morgan fingerprint density at radius 3 is 2.16 bits per heavy atom. The number of nitrogens with one attached hydrogen (secondary N) is 2. The van der Waals surface area contributed by atoms with Crippen molar-refractivity contribution in [3.05, 3.63) is 78.4 Å². The third-order valence-electron chi connectivity index (χ3n) is 7.05. The molecule has 0 spiro atoms. The third kappa shape index (κ3) is 9.51. The molecule has 0 saturated carbocycles. The number of H-pyrrole nitrogens is 2. The van der Waals surface area contributed by atoms with Crippen molar-refractivity contribution in [2.75, 3.05) is 26.4 Å². The van der Waals surface area contributed by atoms with Crippen LogP contribution in [0.1, 0.15) is 38.1 Å². The van der Waals surface area contributed by atoms with Crippen LogP contribution in [0.4, 0.5) is 8.78 Å². The molecule has 0 bridgehead atoms. The van der Waals surface area contributed by atoms with E-state index in [1.54, 1.807) is 16.0 Å². The molecule has 266 valence electrons. The predicted octanol–water partition coefficient (Wildman–Crippen LogP) is 0.200. The Morgan fingerprint density at radius 2 is 1.57 bits per heavy atom. The second-order valence-corrected chi connectivity index (χ2v) is 12.0. The van der Waals surface area contributed by atoms with Crippen molar-refractivity contribution in [3.8, 4) is 12.1 Å². The molecule has 2 fully saturated rings. The second-order valence-electron chi connectivity index (χ2n) is 10.4. The van der Waals surface area contributed by atoms with Gasteiger partial charge in [0, 0.05) is 12.8 Å². The van der Waals surface area contributed by atoms with Crippen molar-refractivity contribution < 1.29 is 51.0 Å². The lowest BCUT2D eigenvalue weighted by Crippen LogP contribution is -2.42. The first kappa shape index (κ1) is 37.7. The van der Waals surface area contributed by atoms with Gasteiger partial charge in [0.2, 0.25) is 11.6 Å². The maximum atomic E-state index is 14.2. The van der Waals surface area contributed by atoms with Crippen molar-refractivity contribution in [1.29, 1.82) is 10.5 Å². The summed E-state index contributed by atoms with van der Waals surface area (Å²) >= 11 is 0. The van der Waals surface area contributed by atoms with Crippen LogP contribution >= 0.6 is 7.82 Å². The van der Waals surface area contributed by atoms with Gasteiger partial charge in [-0.1, -0.05) is 6.08 Å². The molecule has 0 amide bonds. The number of rotatable bonds is 17. The Kier molecular flexibility index (Phi) is 13.1. The minimum absolute atomic E-state index is 0.130. The van der Waals surface area contributed by atoms with Gasteiger partial charge in [0.1, 0.15) is 30.8 Å². The Labute approximate surface area is 274 Å². The lowest BCUT2D eigenvalue weighted by atomic mass is 10.1. The number of aliphatic hydroxyl groups is 1. The van der Waals surface area contributed by atoms with E-state index in [9.17, 15) is 37.6 Å². The lowest BCUT2D eigenvalue weighted by molar-refractivity contribution is -0.232. The van der Waals surface area contributed by atoms with Crippen molar-refractivity contribution in [3.63, 3.8) is 0 Å². The molecule has 4 heterocycles. The number of hydrogen-bond donors (Lipinski definition) is 3. The average molecular weight is 717 g/mol. The minimum Gasteiger partial charge on any atom is -0.390 e. The number of aromatic amines is 2. The molecule has 4 rings (SSSR count). The van der Waals surface area contributed by atoms with E-state index in [4.69, 9.17) is 43.0 Å². The highest BCUT2D eigenvalue weighted by Crippen LogP contribution is 2.53. The SMILES string of the molecule is C=CCOP(=O)(OCCC#N)O[C@H]1C[C@H](n2cc(F)c(=O)[nH]c2=O)O[C@@H]1COC(OCCC#N)[C@H]1O[C@@H](n2cc(F)c(=O)[nH]c2=O)C[C@@H]1O. The summed E-state index contributed by atoms with van der Waals surface area (Å²) in [5.41, 5.74) is -4.61. The van der Waals surface area contributed by atoms with Crippen LogP contribution in [0.5, 0.6) is 0 Å². The van der Waals surface area contributed by atoms with E-state index >= 15 is 0 Å². The summed E-state index contributed by atoms with van der Waals surface area (Å²) in [6, 6.07) is 3.67. The summed E-state index contributed by atoms with van der Waals surface area (Å²) in [5, 5.41) is 28.7. The molecule has 2 aromatic rings. The largest absolute Gasteiger partial charge is 0.475 e. The smallest absolute Gasteiger partial charge is 0.390 e. The Balaban J connectivity index is 1.59. The Morgan fingerprint density at radius 1 is 0.980 bits per heavy atom. The quantitative estimate of drug-likeness (QED) is 0.0855. The molecule has 2 aromatic heterocycles. The van der Waals surface area contributed by atoms with Crippen molar-refractivity contribution >= 4 is 7.82 Å². The second kappa shape index (κ2) is 17.0. The predicted molar refractivity (Wildman–Crippen MR) is 156 cm³/mol. The maximum absolute atomic E-state index is 14.2. The number of phosphoric ester groups is 1. The van der Waals surface area contributed by atoms with Gasteiger partial charge in [-0.15, -0.1) is 6.58 Å². The minimum atomic E-state index is -4.45. The molecular weight excluding hydrogens is 685 g/mol. The van der Waals surface area contributed by atoms with Gasteiger partial charge in [0.25, 0.3) is 11.1 Å². The van der Waals surface area contributed by atoms with Crippen LogP contribution in [0.25, 0.3) is 0 Å². The fourth-order valence-electron chi connectivity index (χ4n) is 4.83. The fourth-order valence-corrected chi connectivity index (χ4v) is 6.19. The number of hydrogen-bond acceptors (Lipinski definition) is 15. The van der Waals surface area contributed by atoms with Crippen LogP contribution < -0.4 is 22.5 Å². The molecule has 0 radical (unpaired) electrons. The molecule has 22 heteroatoms. The van der Waals surface area contributed by atoms with Crippen molar-refractivity contribution in [2.24, 2.45) is 0 Å².